The number of fused-ring (bicyclic) bond motifs is 1. The minimum atomic E-state index is -0.469. The molecule has 0 atom stereocenters. The van der Waals surface area contributed by atoms with E-state index in [9.17, 15) is 14.0 Å². The van der Waals surface area contributed by atoms with Crippen LogP contribution >= 0.6 is 23.2 Å². The zero-order chi connectivity index (χ0) is 20.4. The van der Waals surface area contributed by atoms with Crippen molar-refractivity contribution >= 4 is 45.7 Å². The van der Waals surface area contributed by atoms with Crippen LogP contribution in [0.5, 0.6) is 0 Å². The number of hydrogen-bond donors (Lipinski definition) is 1. The molecule has 2 aromatic carbocycles. The lowest BCUT2D eigenvalue weighted by Gasteiger charge is -2.22. The Morgan fingerprint density at radius 2 is 1.89 bits per heavy atom. The standard InChI is InChI=1S/C19H17Cl2FN4O2/c1-25(10-18(27)26(2)12-4-6-14(20)15(21)8-12)9-17-23-16-7-11(22)3-5-13(16)19(28)24-17/h3-8H,9-10H2,1-2H3,(H,23,24,28). The molecule has 0 aliphatic carbocycles. The van der Waals surface area contributed by atoms with Crippen LogP contribution < -0.4 is 10.5 Å². The first-order valence-corrected chi connectivity index (χ1v) is 9.09. The van der Waals surface area contributed by atoms with Gasteiger partial charge in [0.2, 0.25) is 5.91 Å². The van der Waals surface area contributed by atoms with Crippen molar-refractivity contribution in [1.82, 2.24) is 14.9 Å². The number of carbonyl (C=O) groups is 1. The molecule has 3 rings (SSSR count). The lowest BCUT2D eigenvalue weighted by molar-refractivity contribution is -0.119. The summed E-state index contributed by atoms with van der Waals surface area (Å²) in [5, 5.41) is 1.08. The topological polar surface area (TPSA) is 69.3 Å². The SMILES string of the molecule is CN(CC(=O)N(C)c1ccc(Cl)c(Cl)c1)Cc1nc2cc(F)ccc2c(=O)[nH]1. The van der Waals surface area contributed by atoms with Gasteiger partial charge in [0, 0.05) is 18.8 Å². The second-order valence-corrected chi connectivity index (χ2v) is 7.21. The number of H-pyrrole nitrogens is 1. The molecular weight excluding hydrogens is 406 g/mol. The van der Waals surface area contributed by atoms with E-state index in [0.29, 0.717) is 26.9 Å². The van der Waals surface area contributed by atoms with E-state index in [1.54, 1.807) is 37.2 Å². The summed E-state index contributed by atoms with van der Waals surface area (Å²) >= 11 is 11.9. The van der Waals surface area contributed by atoms with Gasteiger partial charge in [-0.1, -0.05) is 23.2 Å². The average molecular weight is 423 g/mol. The monoisotopic (exact) mass is 422 g/mol. The number of halogens is 3. The Morgan fingerprint density at radius 1 is 1.14 bits per heavy atom. The van der Waals surface area contributed by atoms with Crippen LogP contribution in [-0.4, -0.2) is 41.4 Å². The first-order chi connectivity index (χ1) is 13.2. The van der Waals surface area contributed by atoms with E-state index >= 15 is 0 Å². The Morgan fingerprint density at radius 3 is 2.61 bits per heavy atom. The maximum absolute atomic E-state index is 13.4. The van der Waals surface area contributed by atoms with E-state index in [1.165, 1.54) is 23.1 Å². The predicted molar refractivity (Wildman–Crippen MR) is 109 cm³/mol. The van der Waals surface area contributed by atoms with E-state index in [1.807, 2.05) is 0 Å². The Bertz CT molecular complexity index is 1100. The van der Waals surface area contributed by atoms with Crippen molar-refractivity contribution in [2.75, 3.05) is 25.5 Å². The molecule has 9 heteroatoms. The van der Waals surface area contributed by atoms with Crippen LogP contribution in [0.4, 0.5) is 10.1 Å². The van der Waals surface area contributed by atoms with Crippen molar-refractivity contribution in [2.24, 2.45) is 0 Å². The summed E-state index contributed by atoms with van der Waals surface area (Å²) in [5.41, 5.74) is 0.527. The fourth-order valence-electron chi connectivity index (χ4n) is 2.72. The molecule has 146 valence electrons. The number of benzene rings is 2. The Labute approximate surface area is 170 Å². The molecule has 0 unspecified atom stereocenters. The number of likely N-dealkylation sites (N-methyl/N-ethyl adjacent to an activating group) is 2. The van der Waals surface area contributed by atoms with Crippen LogP contribution in [0, 0.1) is 5.82 Å². The molecule has 6 nitrogen and oxygen atoms in total. The average Bonchev–Trinajstić information content (AvgIpc) is 2.62. The smallest absolute Gasteiger partial charge is 0.258 e. The third-order valence-corrected chi connectivity index (χ3v) is 4.95. The van der Waals surface area contributed by atoms with Gasteiger partial charge in [0.05, 0.1) is 34.0 Å². The van der Waals surface area contributed by atoms with Crippen LogP contribution in [-0.2, 0) is 11.3 Å². The van der Waals surface area contributed by atoms with Crippen molar-refractivity contribution in [2.45, 2.75) is 6.54 Å². The normalized spacial score (nSPS) is 11.2. The second kappa shape index (κ2) is 8.26. The molecule has 0 fully saturated rings. The first kappa shape index (κ1) is 20.3. The summed E-state index contributed by atoms with van der Waals surface area (Å²) < 4.78 is 13.4. The Hall–Kier alpha value is -2.48. The summed E-state index contributed by atoms with van der Waals surface area (Å²) in [6.07, 6.45) is 0. The van der Waals surface area contributed by atoms with Gasteiger partial charge in [0.15, 0.2) is 0 Å². The van der Waals surface area contributed by atoms with E-state index in [-0.39, 0.29) is 30.1 Å². The van der Waals surface area contributed by atoms with Gasteiger partial charge in [-0.3, -0.25) is 14.5 Å². The number of carbonyl (C=O) groups excluding carboxylic acids is 1. The summed E-state index contributed by atoms with van der Waals surface area (Å²) in [7, 11) is 3.35. The van der Waals surface area contributed by atoms with Crippen LogP contribution in [0.15, 0.2) is 41.2 Å². The Kier molecular flexibility index (Phi) is 5.98. The van der Waals surface area contributed by atoms with Gasteiger partial charge in [0.25, 0.3) is 5.56 Å². The molecule has 1 amide bonds. The summed E-state index contributed by atoms with van der Waals surface area (Å²) in [6, 6.07) is 8.73. The highest BCUT2D eigenvalue weighted by molar-refractivity contribution is 6.42. The molecule has 3 aromatic rings. The van der Waals surface area contributed by atoms with Crippen molar-refractivity contribution < 1.29 is 9.18 Å². The van der Waals surface area contributed by atoms with Gasteiger partial charge >= 0.3 is 0 Å². The van der Waals surface area contributed by atoms with Crippen LogP contribution in [0.25, 0.3) is 10.9 Å². The number of rotatable bonds is 5. The van der Waals surface area contributed by atoms with Crippen molar-refractivity contribution in [3.8, 4) is 0 Å². The molecule has 0 saturated heterocycles. The molecule has 0 aliphatic heterocycles. The van der Waals surface area contributed by atoms with E-state index < -0.39 is 5.82 Å². The van der Waals surface area contributed by atoms with Gasteiger partial charge in [-0.05, 0) is 37.4 Å². The van der Waals surface area contributed by atoms with E-state index in [4.69, 9.17) is 23.2 Å². The highest BCUT2D eigenvalue weighted by atomic mass is 35.5. The molecule has 0 saturated carbocycles. The molecule has 1 heterocycles. The number of hydrogen-bond acceptors (Lipinski definition) is 4. The molecule has 1 N–H and O–H groups in total. The number of nitrogens with one attached hydrogen (secondary N) is 1. The molecule has 0 spiro atoms. The minimum Gasteiger partial charge on any atom is -0.314 e. The third-order valence-electron chi connectivity index (χ3n) is 4.21. The zero-order valence-electron chi connectivity index (χ0n) is 15.2. The predicted octanol–water partition coefficient (Wildman–Crippen LogP) is 3.46. The molecular formula is C19H17Cl2FN4O2. The zero-order valence-corrected chi connectivity index (χ0v) is 16.7. The van der Waals surface area contributed by atoms with E-state index in [2.05, 4.69) is 9.97 Å². The fraction of sp³-hybridized carbons (Fsp3) is 0.211. The molecule has 0 bridgehead atoms. The van der Waals surface area contributed by atoms with Crippen LogP contribution in [0.3, 0.4) is 0 Å². The van der Waals surface area contributed by atoms with Gasteiger partial charge in [-0.15, -0.1) is 0 Å². The Balaban J connectivity index is 1.71. The number of aromatic amines is 1. The highest BCUT2D eigenvalue weighted by Crippen LogP contribution is 2.26. The van der Waals surface area contributed by atoms with Crippen LogP contribution in [0.2, 0.25) is 10.0 Å². The van der Waals surface area contributed by atoms with Crippen molar-refractivity contribution in [3.05, 3.63) is 68.4 Å². The van der Waals surface area contributed by atoms with Crippen molar-refractivity contribution in [1.29, 1.82) is 0 Å². The number of aromatic nitrogens is 2. The molecule has 28 heavy (non-hydrogen) atoms. The van der Waals surface area contributed by atoms with Crippen LogP contribution in [0.1, 0.15) is 5.82 Å². The summed E-state index contributed by atoms with van der Waals surface area (Å²) in [5.74, 6) is -0.311. The third kappa shape index (κ3) is 4.49. The summed E-state index contributed by atoms with van der Waals surface area (Å²) in [6.45, 7) is 0.282. The molecule has 0 radical (unpaired) electrons. The van der Waals surface area contributed by atoms with Gasteiger partial charge in [-0.25, -0.2) is 9.37 Å². The number of anilines is 1. The maximum Gasteiger partial charge on any atom is 0.258 e. The minimum absolute atomic E-state index is 0.0711. The summed E-state index contributed by atoms with van der Waals surface area (Å²) in [4.78, 5) is 34.8. The lowest BCUT2D eigenvalue weighted by atomic mass is 10.2. The molecule has 0 aliphatic rings. The largest absolute Gasteiger partial charge is 0.314 e. The lowest BCUT2D eigenvalue weighted by Crippen LogP contribution is -2.36. The van der Waals surface area contributed by atoms with Gasteiger partial charge < -0.3 is 9.88 Å². The van der Waals surface area contributed by atoms with Gasteiger partial charge in [0.1, 0.15) is 11.6 Å². The van der Waals surface area contributed by atoms with Gasteiger partial charge in [-0.2, -0.15) is 0 Å². The number of amides is 1. The second-order valence-electron chi connectivity index (χ2n) is 6.40. The first-order valence-electron chi connectivity index (χ1n) is 8.33. The highest BCUT2D eigenvalue weighted by Gasteiger charge is 2.16. The maximum atomic E-state index is 13.4. The van der Waals surface area contributed by atoms with E-state index in [0.717, 1.165) is 0 Å². The fourth-order valence-corrected chi connectivity index (χ4v) is 3.01. The quantitative estimate of drug-likeness (QED) is 0.683. The molecule has 1 aromatic heterocycles. The number of nitrogens with zero attached hydrogens (tertiary/aromatic N) is 3. The van der Waals surface area contributed by atoms with Crippen molar-refractivity contribution in [3.63, 3.8) is 0 Å².